The maximum Gasteiger partial charge on any atom is 0.326 e. The number of hydrogen-bond donors (Lipinski definition) is 2. The maximum absolute atomic E-state index is 14.2. The van der Waals surface area contributed by atoms with Crippen molar-refractivity contribution >= 4 is 11.9 Å². The molecule has 1 aromatic carbocycles. The average molecular weight is 550 g/mol. The molecule has 1 aliphatic heterocycles. The van der Waals surface area contributed by atoms with E-state index in [9.17, 15) is 14.7 Å². The highest BCUT2D eigenvalue weighted by atomic mass is 16.5. The van der Waals surface area contributed by atoms with E-state index in [2.05, 4.69) is 46.9 Å². The summed E-state index contributed by atoms with van der Waals surface area (Å²) in [5.74, 6) is -0.748. The molecule has 1 amide bonds. The number of pyridine rings is 1. The minimum atomic E-state index is -0.945. The third-order valence-corrected chi connectivity index (χ3v) is 8.70. The van der Waals surface area contributed by atoms with Gasteiger partial charge in [0.25, 0.3) is 0 Å². The molecule has 4 rings (SSSR count). The standard InChI is InChI=1S/C33H47N3O4/c1-32(2,3)25-19-18-24(40-7)23(35-25)20-34-27-26(33(4,5)6)29(31(38)39)36(28(27)21-14-10-8-11-15-21)30(37)22-16-12-9-13-17-22/h8,10-11,14-15,18-19,22,26-29,34H,9,12-13,16-17,20H2,1-7H3,(H,38,39)/t26-,27-,28-,29-/m0/s1. The molecule has 1 aromatic heterocycles. The zero-order valence-corrected chi connectivity index (χ0v) is 25.2. The number of ether oxygens (including phenoxy) is 1. The summed E-state index contributed by atoms with van der Waals surface area (Å²) in [5.41, 5.74) is 2.16. The number of aliphatic carboxylic acids is 1. The number of methoxy groups -OCH3 is 1. The summed E-state index contributed by atoms with van der Waals surface area (Å²) in [4.78, 5) is 34.0. The topological polar surface area (TPSA) is 91.8 Å². The molecule has 2 fully saturated rings. The highest BCUT2D eigenvalue weighted by Crippen LogP contribution is 2.49. The Morgan fingerprint density at radius 1 is 1.00 bits per heavy atom. The quantitative estimate of drug-likeness (QED) is 0.432. The van der Waals surface area contributed by atoms with E-state index in [1.807, 2.05) is 42.5 Å². The van der Waals surface area contributed by atoms with Gasteiger partial charge in [0.05, 0.1) is 18.8 Å². The summed E-state index contributed by atoms with van der Waals surface area (Å²) in [6.07, 6.45) is 4.80. The van der Waals surface area contributed by atoms with E-state index in [1.165, 1.54) is 0 Å². The number of amides is 1. The normalized spacial score (nSPS) is 24.2. The van der Waals surface area contributed by atoms with Crippen molar-refractivity contribution < 1.29 is 19.4 Å². The van der Waals surface area contributed by atoms with Crippen molar-refractivity contribution in [3.63, 3.8) is 0 Å². The molecule has 0 bridgehead atoms. The van der Waals surface area contributed by atoms with Crippen LogP contribution in [0.4, 0.5) is 0 Å². The molecular weight excluding hydrogens is 502 g/mol. The summed E-state index contributed by atoms with van der Waals surface area (Å²) in [7, 11) is 1.64. The van der Waals surface area contributed by atoms with Gasteiger partial charge < -0.3 is 20.1 Å². The summed E-state index contributed by atoms with van der Waals surface area (Å²) in [6, 6.07) is 12.2. The molecule has 1 aliphatic carbocycles. The largest absolute Gasteiger partial charge is 0.495 e. The highest BCUT2D eigenvalue weighted by Gasteiger charge is 2.58. The first kappa shape index (κ1) is 30.0. The van der Waals surface area contributed by atoms with Crippen LogP contribution in [-0.4, -0.2) is 46.1 Å². The van der Waals surface area contributed by atoms with Gasteiger partial charge in [-0.15, -0.1) is 0 Å². The van der Waals surface area contributed by atoms with Crippen molar-refractivity contribution in [1.29, 1.82) is 0 Å². The number of nitrogens with one attached hydrogen (secondary N) is 1. The Morgan fingerprint density at radius 3 is 2.20 bits per heavy atom. The van der Waals surface area contributed by atoms with Crippen molar-refractivity contribution in [2.24, 2.45) is 17.3 Å². The number of carbonyl (C=O) groups is 2. The van der Waals surface area contributed by atoms with Crippen LogP contribution in [0.1, 0.15) is 96.6 Å². The number of nitrogens with zero attached hydrogens (tertiary/aromatic N) is 2. The zero-order chi connectivity index (χ0) is 29.2. The van der Waals surface area contributed by atoms with E-state index >= 15 is 0 Å². The van der Waals surface area contributed by atoms with Crippen molar-refractivity contribution in [2.45, 2.75) is 104 Å². The highest BCUT2D eigenvalue weighted by molar-refractivity contribution is 5.87. The molecule has 7 nitrogen and oxygen atoms in total. The zero-order valence-electron chi connectivity index (χ0n) is 25.2. The minimum absolute atomic E-state index is 0.0232. The summed E-state index contributed by atoms with van der Waals surface area (Å²) in [6.45, 7) is 13.0. The molecule has 0 radical (unpaired) electrons. The second kappa shape index (κ2) is 11.9. The van der Waals surface area contributed by atoms with Crippen molar-refractivity contribution in [1.82, 2.24) is 15.2 Å². The molecule has 1 saturated carbocycles. The van der Waals surface area contributed by atoms with Gasteiger partial charge in [0.2, 0.25) is 5.91 Å². The first-order chi connectivity index (χ1) is 18.8. The molecule has 2 aliphatic rings. The number of carboxylic acids is 1. The van der Waals surface area contributed by atoms with Crippen LogP contribution in [0, 0.1) is 17.3 Å². The predicted molar refractivity (Wildman–Crippen MR) is 157 cm³/mol. The van der Waals surface area contributed by atoms with Gasteiger partial charge in [-0.3, -0.25) is 9.78 Å². The molecule has 2 aromatic rings. The number of rotatable bonds is 7. The van der Waals surface area contributed by atoms with Crippen LogP contribution in [0.25, 0.3) is 0 Å². The Balaban J connectivity index is 1.81. The van der Waals surface area contributed by atoms with E-state index < -0.39 is 18.1 Å². The molecule has 1 saturated heterocycles. The SMILES string of the molecule is COc1ccc(C(C)(C)C)nc1CN[C@H]1[C@H](C(C)(C)C)[C@@H](C(=O)O)N(C(=O)C2CCCCC2)[C@H]1c1ccccc1. The Kier molecular flexibility index (Phi) is 8.93. The van der Waals surface area contributed by atoms with Crippen LogP contribution in [0.15, 0.2) is 42.5 Å². The molecule has 218 valence electrons. The van der Waals surface area contributed by atoms with Crippen LogP contribution in [0.5, 0.6) is 5.75 Å². The van der Waals surface area contributed by atoms with Gasteiger partial charge in [0.15, 0.2) is 0 Å². The molecule has 4 atom stereocenters. The van der Waals surface area contributed by atoms with Gasteiger partial charge in [-0.1, -0.05) is 91.1 Å². The lowest BCUT2D eigenvalue weighted by Crippen LogP contribution is -2.49. The van der Waals surface area contributed by atoms with Crippen LogP contribution >= 0.6 is 0 Å². The molecule has 0 spiro atoms. The third kappa shape index (κ3) is 6.19. The van der Waals surface area contributed by atoms with Crippen molar-refractivity contribution in [2.75, 3.05) is 7.11 Å². The summed E-state index contributed by atoms with van der Waals surface area (Å²) in [5, 5.41) is 14.4. The van der Waals surface area contributed by atoms with Gasteiger partial charge >= 0.3 is 5.97 Å². The second-order valence-electron chi connectivity index (χ2n) is 13.6. The maximum atomic E-state index is 14.2. The van der Waals surface area contributed by atoms with Crippen LogP contribution < -0.4 is 10.1 Å². The summed E-state index contributed by atoms with van der Waals surface area (Å²) < 4.78 is 5.67. The number of aromatic nitrogens is 1. The molecule has 2 N–H and O–H groups in total. The molecule has 0 unspecified atom stereocenters. The summed E-state index contributed by atoms with van der Waals surface area (Å²) >= 11 is 0. The monoisotopic (exact) mass is 549 g/mol. The van der Waals surface area contributed by atoms with Crippen molar-refractivity contribution in [3.8, 4) is 5.75 Å². The van der Waals surface area contributed by atoms with E-state index in [0.29, 0.717) is 12.3 Å². The molecular formula is C33H47N3O4. The van der Waals surface area contributed by atoms with Crippen LogP contribution in [0.2, 0.25) is 0 Å². The third-order valence-electron chi connectivity index (χ3n) is 8.70. The number of carbonyl (C=O) groups excluding carboxylic acids is 1. The first-order valence-corrected chi connectivity index (χ1v) is 14.7. The van der Waals surface area contributed by atoms with E-state index in [-0.39, 0.29) is 34.6 Å². The Bertz CT molecular complexity index is 1180. The van der Waals surface area contributed by atoms with Crippen molar-refractivity contribution in [3.05, 3.63) is 59.4 Å². The van der Waals surface area contributed by atoms with Crippen LogP contribution in [0.3, 0.4) is 0 Å². The predicted octanol–water partition coefficient (Wildman–Crippen LogP) is 6.13. The lowest BCUT2D eigenvalue weighted by molar-refractivity contribution is -0.154. The Morgan fingerprint density at radius 2 is 1.65 bits per heavy atom. The van der Waals surface area contributed by atoms with E-state index in [0.717, 1.165) is 49.1 Å². The van der Waals surface area contributed by atoms with Gasteiger partial charge in [-0.05, 0) is 36.0 Å². The lowest BCUT2D eigenvalue weighted by Gasteiger charge is -2.36. The lowest BCUT2D eigenvalue weighted by atomic mass is 9.72. The second-order valence-corrected chi connectivity index (χ2v) is 13.6. The van der Waals surface area contributed by atoms with Gasteiger partial charge in [-0.2, -0.15) is 0 Å². The number of likely N-dealkylation sites (tertiary alicyclic amines) is 1. The fraction of sp³-hybridized carbons (Fsp3) is 0.606. The van der Waals surface area contributed by atoms with E-state index in [1.54, 1.807) is 12.0 Å². The van der Waals surface area contributed by atoms with Gasteiger partial charge in [0.1, 0.15) is 11.8 Å². The smallest absolute Gasteiger partial charge is 0.326 e. The average Bonchev–Trinajstić information content (AvgIpc) is 3.28. The van der Waals surface area contributed by atoms with E-state index in [4.69, 9.17) is 9.72 Å². The number of benzene rings is 1. The number of carboxylic acid groups (broad SMARTS) is 1. The fourth-order valence-electron chi connectivity index (χ4n) is 6.72. The molecule has 40 heavy (non-hydrogen) atoms. The van der Waals surface area contributed by atoms with Crippen LogP contribution in [-0.2, 0) is 21.5 Å². The fourth-order valence-corrected chi connectivity index (χ4v) is 6.72. The van der Waals surface area contributed by atoms with Gasteiger partial charge in [-0.25, -0.2) is 4.79 Å². The van der Waals surface area contributed by atoms with Gasteiger partial charge in [0, 0.05) is 35.5 Å². The number of hydrogen-bond acceptors (Lipinski definition) is 5. The Hall–Kier alpha value is -2.93. The Labute approximate surface area is 239 Å². The first-order valence-electron chi connectivity index (χ1n) is 14.7. The molecule has 2 heterocycles. The molecule has 7 heteroatoms. The minimum Gasteiger partial charge on any atom is -0.495 e.